The van der Waals surface area contributed by atoms with Gasteiger partial charge < -0.3 is 18.6 Å². The maximum absolute atomic E-state index is 13.1. The van der Waals surface area contributed by atoms with Gasteiger partial charge >= 0.3 is 0 Å². The van der Waals surface area contributed by atoms with Gasteiger partial charge in [0.25, 0.3) is 0 Å². The van der Waals surface area contributed by atoms with E-state index < -0.39 is 0 Å². The third-order valence-corrected chi connectivity index (χ3v) is 4.61. The molecule has 128 valence electrons. The molecule has 2 heterocycles. The molecule has 0 radical (unpaired) electrons. The highest BCUT2D eigenvalue weighted by molar-refractivity contribution is 5.97. The van der Waals surface area contributed by atoms with Crippen LogP contribution in [0.25, 0.3) is 21.9 Å². The van der Waals surface area contributed by atoms with Crippen LogP contribution in [0.4, 0.5) is 0 Å². The zero-order valence-corrected chi connectivity index (χ0v) is 14.3. The van der Waals surface area contributed by atoms with Crippen molar-refractivity contribution in [2.75, 3.05) is 14.2 Å². The second-order valence-corrected chi connectivity index (χ2v) is 6.18. The topological polar surface area (TPSA) is 57.9 Å². The van der Waals surface area contributed by atoms with Crippen LogP contribution in [-0.2, 0) is 6.42 Å². The number of hydrogen-bond donors (Lipinski definition) is 0. The molecule has 5 heteroatoms. The van der Waals surface area contributed by atoms with Gasteiger partial charge in [-0.2, -0.15) is 0 Å². The third kappa shape index (κ3) is 2.19. The van der Waals surface area contributed by atoms with Crippen LogP contribution in [0.1, 0.15) is 12.5 Å². The summed E-state index contributed by atoms with van der Waals surface area (Å²) in [6, 6.07) is 7.02. The number of ether oxygens (including phenoxy) is 3. The first kappa shape index (κ1) is 15.6. The molecule has 1 aliphatic heterocycles. The lowest BCUT2D eigenvalue weighted by molar-refractivity contribution is 0.270. The maximum atomic E-state index is 13.1. The summed E-state index contributed by atoms with van der Waals surface area (Å²) in [5.74, 6) is 1.62. The van der Waals surface area contributed by atoms with E-state index in [1.54, 1.807) is 31.4 Å². The van der Waals surface area contributed by atoms with Crippen LogP contribution in [-0.4, -0.2) is 20.3 Å². The van der Waals surface area contributed by atoms with Crippen molar-refractivity contribution in [3.05, 3.63) is 52.2 Å². The number of benzene rings is 2. The second kappa shape index (κ2) is 5.55. The van der Waals surface area contributed by atoms with E-state index in [0.717, 1.165) is 11.1 Å². The molecule has 1 unspecified atom stereocenters. The maximum Gasteiger partial charge on any atom is 0.204 e. The Balaban J connectivity index is 2.14. The molecule has 1 aliphatic rings. The predicted octanol–water partition coefficient (Wildman–Crippen LogP) is 3.84. The SMILES string of the molecule is C=C(C)C1Cc2c(cc(OC)c3c(=O)c4cccc(OC)c4oc23)O1. The smallest absolute Gasteiger partial charge is 0.204 e. The summed E-state index contributed by atoms with van der Waals surface area (Å²) in [7, 11) is 3.08. The predicted molar refractivity (Wildman–Crippen MR) is 96.0 cm³/mol. The van der Waals surface area contributed by atoms with Gasteiger partial charge in [0.05, 0.1) is 19.6 Å². The van der Waals surface area contributed by atoms with Crippen LogP contribution in [0.5, 0.6) is 17.2 Å². The fraction of sp³-hybridized carbons (Fsp3) is 0.250. The fourth-order valence-corrected chi connectivity index (χ4v) is 3.29. The summed E-state index contributed by atoms with van der Waals surface area (Å²) in [6.07, 6.45) is 0.471. The average Bonchev–Trinajstić information content (AvgIpc) is 3.05. The Bertz CT molecular complexity index is 1080. The summed E-state index contributed by atoms with van der Waals surface area (Å²) >= 11 is 0. The van der Waals surface area contributed by atoms with Crippen LogP contribution < -0.4 is 19.6 Å². The van der Waals surface area contributed by atoms with Gasteiger partial charge in [0.15, 0.2) is 11.3 Å². The fourth-order valence-electron chi connectivity index (χ4n) is 3.29. The molecular weight excluding hydrogens is 320 g/mol. The normalized spacial score (nSPS) is 15.9. The zero-order valence-electron chi connectivity index (χ0n) is 14.3. The third-order valence-electron chi connectivity index (χ3n) is 4.61. The van der Waals surface area contributed by atoms with Gasteiger partial charge in [-0.05, 0) is 24.6 Å². The molecule has 25 heavy (non-hydrogen) atoms. The highest BCUT2D eigenvalue weighted by atomic mass is 16.5. The highest BCUT2D eigenvalue weighted by Crippen LogP contribution is 2.42. The van der Waals surface area contributed by atoms with E-state index in [9.17, 15) is 4.79 Å². The summed E-state index contributed by atoms with van der Waals surface area (Å²) in [5, 5.41) is 0.883. The molecule has 5 nitrogen and oxygen atoms in total. The first-order valence-electron chi connectivity index (χ1n) is 8.00. The Morgan fingerprint density at radius 1 is 1.20 bits per heavy atom. The Morgan fingerprint density at radius 2 is 1.96 bits per heavy atom. The van der Waals surface area contributed by atoms with E-state index in [1.165, 1.54) is 7.11 Å². The molecule has 0 saturated heterocycles. The minimum atomic E-state index is -0.145. The minimum absolute atomic E-state index is 0.135. The number of para-hydroxylation sites is 1. The standard InChI is InChI=1S/C20H18O5/c1-10(2)14-8-12-15(24-14)9-16(23-4)17-18(21)11-6-5-7-13(22-3)19(11)25-20(12)17/h5-7,9,14H,1,8H2,2-4H3. The number of fused-ring (bicyclic) bond motifs is 4. The Labute approximate surface area is 144 Å². The average molecular weight is 338 g/mol. The van der Waals surface area contributed by atoms with Crippen molar-refractivity contribution in [1.82, 2.24) is 0 Å². The van der Waals surface area contributed by atoms with Crippen LogP contribution in [0, 0.1) is 0 Å². The lowest BCUT2D eigenvalue weighted by Gasteiger charge is -2.11. The lowest BCUT2D eigenvalue weighted by atomic mass is 10.0. The zero-order chi connectivity index (χ0) is 17.7. The van der Waals surface area contributed by atoms with Crippen molar-refractivity contribution < 1.29 is 18.6 Å². The quantitative estimate of drug-likeness (QED) is 0.536. The van der Waals surface area contributed by atoms with E-state index in [0.29, 0.717) is 45.6 Å². The summed E-state index contributed by atoms with van der Waals surface area (Å²) in [5.41, 5.74) is 2.54. The van der Waals surface area contributed by atoms with Gasteiger partial charge in [0.1, 0.15) is 28.6 Å². The van der Waals surface area contributed by atoms with E-state index in [-0.39, 0.29) is 11.5 Å². The molecule has 0 amide bonds. The highest BCUT2D eigenvalue weighted by Gasteiger charge is 2.30. The van der Waals surface area contributed by atoms with Gasteiger partial charge in [0.2, 0.25) is 5.43 Å². The molecule has 0 aliphatic carbocycles. The Kier molecular flexibility index (Phi) is 3.46. The van der Waals surface area contributed by atoms with Crippen molar-refractivity contribution in [2.24, 2.45) is 0 Å². The molecule has 3 aromatic rings. The molecule has 0 N–H and O–H groups in total. The first-order valence-corrected chi connectivity index (χ1v) is 8.00. The largest absolute Gasteiger partial charge is 0.496 e. The van der Waals surface area contributed by atoms with Gasteiger partial charge in [-0.3, -0.25) is 4.79 Å². The molecule has 1 atom stereocenters. The van der Waals surface area contributed by atoms with Crippen LogP contribution in [0.15, 0.2) is 45.6 Å². The van der Waals surface area contributed by atoms with E-state index in [4.69, 9.17) is 18.6 Å². The van der Waals surface area contributed by atoms with Crippen molar-refractivity contribution >= 4 is 21.9 Å². The van der Waals surface area contributed by atoms with Crippen LogP contribution >= 0.6 is 0 Å². The first-order chi connectivity index (χ1) is 12.0. The Hall–Kier alpha value is -2.95. The van der Waals surface area contributed by atoms with Crippen LogP contribution in [0.3, 0.4) is 0 Å². The van der Waals surface area contributed by atoms with Gasteiger partial charge in [0, 0.05) is 18.1 Å². The molecule has 1 aromatic heterocycles. The van der Waals surface area contributed by atoms with Crippen molar-refractivity contribution in [3.63, 3.8) is 0 Å². The monoisotopic (exact) mass is 338 g/mol. The number of hydrogen-bond acceptors (Lipinski definition) is 5. The molecular formula is C20H18O5. The molecule has 0 bridgehead atoms. The van der Waals surface area contributed by atoms with Crippen molar-refractivity contribution in [3.8, 4) is 17.2 Å². The van der Waals surface area contributed by atoms with Crippen molar-refractivity contribution in [1.29, 1.82) is 0 Å². The lowest BCUT2D eigenvalue weighted by Crippen LogP contribution is -2.13. The number of methoxy groups -OCH3 is 2. The second-order valence-electron chi connectivity index (χ2n) is 6.18. The van der Waals surface area contributed by atoms with E-state index >= 15 is 0 Å². The van der Waals surface area contributed by atoms with Gasteiger partial charge in [-0.15, -0.1) is 0 Å². The summed E-state index contributed by atoms with van der Waals surface area (Å²) in [6.45, 7) is 5.89. The summed E-state index contributed by atoms with van der Waals surface area (Å²) in [4.78, 5) is 13.1. The summed E-state index contributed by atoms with van der Waals surface area (Å²) < 4.78 is 22.9. The van der Waals surface area contributed by atoms with E-state index in [2.05, 4.69) is 6.58 Å². The van der Waals surface area contributed by atoms with Gasteiger partial charge in [-0.25, -0.2) is 0 Å². The Morgan fingerprint density at radius 3 is 2.64 bits per heavy atom. The van der Waals surface area contributed by atoms with Crippen LogP contribution in [0.2, 0.25) is 0 Å². The van der Waals surface area contributed by atoms with Crippen molar-refractivity contribution in [2.45, 2.75) is 19.4 Å². The molecule has 0 fully saturated rings. The van der Waals surface area contributed by atoms with E-state index in [1.807, 2.05) is 6.92 Å². The van der Waals surface area contributed by atoms with Gasteiger partial charge in [-0.1, -0.05) is 12.6 Å². The number of rotatable bonds is 3. The minimum Gasteiger partial charge on any atom is -0.496 e. The molecule has 0 spiro atoms. The molecule has 0 saturated carbocycles. The molecule has 4 rings (SSSR count). The molecule has 2 aromatic carbocycles.